The van der Waals surface area contributed by atoms with E-state index in [1.807, 2.05) is 0 Å². The summed E-state index contributed by atoms with van der Waals surface area (Å²) in [6.07, 6.45) is 1.40. The Morgan fingerprint density at radius 1 is 1.88 bits per heavy atom. The Hall–Kier alpha value is -0.440. The third kappa shape index (κ3) is 1.26. The minimum Gasteiger partial charge on any atom is -0.231 e. The van der Waals surface area contributed by atoms with Crippen molar-refractivity contribution in [2.75, 3.05) is 0 Å². The number of aryl methyl sites for hydroxylation is 1. The number of aromatic nitrogens is 2. The fourth-order valence-electron chi connectivity index (χ4n) is 0.335. The van der Waals surface area contributed by atoms with Gasteiger partial charge in [-0.25, -0.2) is 9.97 Å². The molecular weight excluding hydrogens is 169 g/mol. The first kappa shape index (κ1) is 2.92. The standard InChI is InChI=1S/C5H5BrN2/c1-4-2-3-7-5(6)8-4/h2-3H,1H3/i1+1D3. The molecule has 0 atom stereocenters. The smallest absolute Gasteiger partial charge is 0.196 e. The van der Waals surface area contributed by atoms with Gasteiger partial charge in [-0.1, -0.05) is 0 Å². The molecule has 0 aromatic carbocycles. The highest BCUT2D eigenvalue weighted by Crippen LogP contribution is 1.99. The molecule has 0 aliphatic heterocycles. The number of nitrogens with zero attached hydrogens (tertiary/aromatic N) is 2. The Morgan fingerprint density at radius 3 is 3.25 bits per heavy atom. The van der Waals surface area contributed by atoms with Crippen molar-refractivity contribution in [3.63, 3.8) is 0 Å². The van der Waals surface area contributed by atoms with Crippen molar-refractivity contribution >= 4 is 15.9 Å². The van der Waals surface area contributed by atoms with E-state index in [1.54, 1.807) is 0 Å². The Morgan fingerprint density at radius 2 is 2.75 bits per heavy atom. The van der Waals surface area contributed by atoms with Gasteiger partial charge in [0, 0.05) is 16.0 Å². The molecule has 2 nitrogen and oxygen atoms in total. The fourth-order valence-corrected chi connectivity index (χ4v) is 0.644. The molecule has 0 saturated carbocycles. The largest absolute Gasteiger partial charge is 0.231 e. The lowest BCUT2D eigenvalue weighted by Gasteiger charge is -1.87. The van der Waals surface area contributed by atoms with Crippen LogP contribution < -0.4 is 0 Å². The van der Waals surface area contributed by atoms with Gasteiger partial charge in [-0.05, 0) is 28.8 Å². The predicted molar refractivity (Wildman–Crippen MR) is 34.5 cm³/mol. The second-order valence-electron chi connectivity index (χ2n) is 1.21. The van der Waals surface area contributed by atoms with Crippen LogP contribution in [0.4, 0.5) is 0 Å². The maximum absolute atomic E-state index is 6.99. The first-order valence-electron chi connectivity index (χ1n) is 3.49. The molecule has 0 fully saturated rings. The van der Waals surface area contributed by atoms with Crippen molar-refractivity contribution in [3.05, 3.63) is 22.7 Å². The molecule has 0 aliphatic carbocycles. The first-order valence-corrected chi connectivity index (χ1v) is 2.78. The van der Waals surface area contributed by atoms with Crippen molar-refractivity contribution in [1.29, 1.82) is 0 Å². The van der Waals surface area contributed by atoms with Crippen LogP contribution in [0.5, 0.6) is 0 Å². The lowest BCUT2D eigenvalue weighted by Crippen LogP contribution is -1.82. The van der Waals surface area contributed by atoms with Crippen LogP contribution in [0.25, 0.3) is 0 Å². The highest BCUT2D eigenvalue weighted by Gasteiger charge is 1.85. The summed E-state index contributed by atoms with van der Waals surface area (Å²) in [6.45, 7) is -2.15. The molecule has 1 aromatic rings. The third-order valence-electron chi connectivity index (χ3n) is 0.626. The molecule has 0 saturated heterocycles. The summed E-state index contributed by atoms with van der Waals surface area (Å²) in [5.74, 6) is 0. The zero-order chi connectivity index (χ0) is 8.48. The van der Waals surface area contributed by atoms with Crippen LogP contribution in [0.2, 0.25) is 0 Å². The molecule has 3 heteroatoms. The molecule has 0 unspecified atom stereocenters. The molecule has 1 rings (SSSR count). The number of hydrogen-bond acceptors (Lipinski definition) is 2. The second-order valence-corrected chi connectivity index (χ2v) is 1.92. The van der Waals surface area contributed by atoms with E-state index in [0.717, 1.165) is 0 Å². The summed E-state index contributed by atoms with van der Waals surface area (Å²) in [4.78, 5) is 7.40. The van der Waals surface area contributed by atoms with E-state index >= 15 is 0 Å². The third-order valence-corrected chi connectivity index (χ3v) is 1.01. The quantitative estimate of drug-likeness (QED) is 0.443. The van der Waals surface area contributed by atoms with Gasteiger partial charge in [0.25, 0.3) is 0 Å². The Bertz CT molecular complexity index is 260. The highest BCUT2D eigenvalue weighted by atomic mass is 79.9. The summed E-state index contributed by atoms with van der Waals surface area (Å²) < 4.78 is 21.3. The minimum absolute atomic E-state index is 0.0550. The topological polar surface area (TPSA) is 25.8 Å². The molecule has 0 bridgehead atoms. The maximum atomic E-state index is 6.99. The average molecular weight is 177 g/mol. The summed E-state index contributed by atoms with van der Waals surface area (Å²) in [7, 11) is 0. The fraction of sp³-hybridized carbons (Fsp3) is 0.200. The van der Waals surface area contributed by atoms with Crippen molar-refractivity contribution in [3.8, 4) is 0 Å². The van der Waals surface area contributed by atoms with Gasteiger partial charge >= 0.3 is 0 Å². The van der Waals surface area contributed by atoms with Gasteiger partial charge in [-0.2, -0.15) is 0 Å². The van der Waals surface area contributed by atoms with Crippen LogP contribution in [-0.2, 0) is 0 Å². The van der Waals surface area contributed by atoms with E-state index in [-0.39, 0.29) is 5.69 Å². The van der Waals surface area contributed by atoms with Gasteiger partial charge in [0.05, 0.1) is 0 Å². The summed E-state index contributed by atoms with van der Waals surface area (Å²) in [5, 5.41) is 0. The summed E-state index contributed by atoms with van der Waals surface area (Å²) in [5.41, 5.74) is 0.0550. The van der Waals surface area contributed by atoms with E-state index < -0.39 is 6.85 Å². The zero-order valence-electron chi connectivity index (χ0n) is 6.93. The molecule has 0 spiro atoms. The first-order chi connectivity index (χ1) is 5.00. The SMILES string of the molecule is [2H][13C]([2H])([2H])c1ccnc(Br)n1. The molecule has 0 radical (unpaired) electrons. The van der Waals surface area contributed by atoms with Crippen LogP contribution in [-0.4, -0.2) is 9.97 Å². The van der Waals surface area contributed by atoms with Gasteiger partial charge in [0.2, 0.25) is 0 Å². The van der Waals surface area contributed by atoms with E-state index in [9.17, 15) is 0 Å². The van der Waals surface area contributed by atoms with Crippen LogP contribution >= 0.6 is 15.9 Å². The van der Waals surface area contributed by atoms with E-state index in [4.69, 9.17) is 4.11 Å². The van der Waals surface area contributed by atoms with E-state index in [0.29, 0.717) is 4.73 Å². The van der Waals surface area contributed by atoms with E-state index in [1.165, 1.54) is 12.3 Å². The zero-order valence-corrected chi connectivity index (χ0v) is 5.51. The van der Waals surface area contributed by atoms with Crippen molar-refractivity contribution in [1.82, 2.24) is 9.97 Å². The highest BCUT2D eigenvalue weighted by molar-refractivity contribution is 9.10. The van der Waals surface area contributed by atoms with Crippen LogP contribution in [0.1, 0.15) is 9.81 Å². The monoisotopic (exact) mass is 176 g/mol. The van der Waals surface area contributed by atoms with Crippen molar-refractivity contribution in [2.45, 2.75) is 6.85 Å². The second kappa shape index (κ2) is 2.22. The average Bonchev–Trinajstić information content (AvgIpc) is 1.86. The Labute approximate surface area is 60.3 Å². The van der Waals surface area contributed by atoms with E-state index in [2.05, 4.69) is 25.9 Å². The number of rotatable bonds is 0. The molecule has 1 aromatic heterocycles. The van der Waals surface area contributed by atoms with Crippen LogP contribution in [0.3, 0.4) is 0 Å². The predicted octanol–water partition coefficient (Wildman–Crippen LogP) is 1.55. The molecular formula is C5H5BrN2. The van der Waals surface area contributed by atoms with Crippen molar-refractivity contribution < 1.29 is 4.11 Å². The molecule has 0 aliphatic rings. The molecule has 8 heavy (non-hydrogen) atoms. The van der Waals surface area contributed by atoms with Gasteiger partial charge in [0.15, 0.2) is 4.73 Å². The lowest BCUT2D eigenvalue weighted by molar-refractivity contribution is 1.06. The molecule has 42 valence electrons. The normalized spacial score (nSPS) is 16.4. The lowest BCUT2D eigenvalue weighted by atomic mass is 10.6. The molecule has 0 N–H and O–H groups in total. The maximum Gasteiger partial charge on any atom is 0.196 e. The van der Waals surface area contributed by atoms with Gasteiger partial charge in [-0.3, -0.25) is 0 Å². The van der Waals surface area contributed by atoms with Crippen LogP contribution in [0, 0.1) is 6.85 Å². The molecule has 0 amide bonds. The van der Waals surface area contributed by atoms with Crippen LogP contribution in [0.15, 0.2) is 17.0 Å². The minimum atomic E-state index is -2.15. The Balaban J connectivity index is 3.06. The number of halogens is 1. The van der Waals surface area contributed by atoms with Gasteiger partial charge < -0.3 is 0 Å². The summed E-state index contributed by atoms with van der Waals surface area (Å²) >= 11 is 2.98. The Kier molecular flexibility index (Phi) is 0.809. The summed E-state index contributed by atoms with van der Waals surface area (Å²) in [6, 6.07) is 1.37. The van der Waals surface area contributed by atoms with Gasteiger partial charge in [0.1, 0.15) is 0 Å². The molecule has 1 heterocycles. The van der Waals surface area contributed by atoms with Gasteiger partial charge in [-0.15, -0.1) is 0 Å². The number of hydrogen-bond donors (Lipinski definition) is 0. The van der Waals surface area contributed by atoms with Crippen molar-refractivity contribution in [2.24, 2.45) is 0 Å².